The van der Waals surface area contributed by atoms with E-state index in [9.17, 15) is 0 Å². The molecule has 0 saturated carbocycles. The molecule has 24 heavy (non-hydrogen) atoms. The first-order chi connectivity index (χ1) is 11.6. The van der Waals surface area contributed by atoms with Gasteiger partial charge in [-0.15, -0.1) is 0 Å². The summed E-state index contributed by atoms with van der Waals surface area (Å²) >= 11 is 4.88. The third-order valence-corrected chi connectivity index (χ3v) is 4.39. The quantitative estimate of drug-likeness (QED) is 0.661. The number of hydrogen-bond acceptors (Lipinski definition) is 3. The lowest BCUT2D eigenvalue weighted by Crippen LogP contribution is -2.34. The van der Waals surface area contributed by atoms with Crippen LogP contribution in [0.15, 0.2) is 65.8 Å². The molecular weight excluding hydrogens is 318 g/mol. The molecule has 1 saturated heterocycles. The maximum Gasteiger partial charge on any atom is 0.184 e. The van der Waals surface area contributed by atoms with Gasteiger partial charge >= 0.3 is 0 Å². The molecule has 2 aromatic rings. The second kappa shape index (κ2) is 7.55. The van der Waals surface area contributed by atoms with E-state index < -0.39 is 0 Å². The molecule has 0 aromatic heterocycles. The van der Waals surface area contributed by atoms with Crippen molar-refractivity contribution >= 4 is 23.0 Å². The number of ether oxygens (including phenoxy) is 1. The Balaban J connectivity index is 1.93. The number of hydrazone groups is 1. The van der Waals surface area contributed by atoms with Crippen molar-refractivity contribution in [2.24, 2.45) is 16.8 Å². The fourth-order valence-corrected chi connectivity index (χ4v) is 3.09. The minimum Gasteiger partial charge on any atom is -0.375 e. The van der Waals surface area contributed by atoms with Crippen LogP contribution in [0.1, 0.15) is 36.7 Å². The molecule has 3 N–H and O–H groups in total. The molecule has 1 fully saturated rings. The number of nitrogens with one attached hydrogen (secondary N) is 1. The summed E-state index contributed by atoms with van der Waals surface area (Å²) in [5.41, 5.74) is 11.6. The van der Waals surface area contributed by atoms with Crippen LogP contribution in [0.25, 0.3) is 0 Å². The van der Waals surface area contributed by atoms with Gasteiger partial charge < -0.3 is 10.5 Å². The van der Waals surface area contributed by atoms with E-state index >= 15 is 0 Å². The summed E-state index contributed by atoms with van der Waals surface area (Å²) in [5, 5.41) is 4.61. The van der Waals surface area contributed by atoms with E-state index in [1.54, 1.807) is 0 Å². The monoisotopic (exact) mass is 339 g/mol. The SMILES string of the molecule is C[C@@H]1/C(=N/NC(N)=S)C[C@@H](c2ccccc2)O[C@H]1c1ccccc1. The fourth-order valence-electron chi connectivity index (χ4n) is 3.04. The van der Waals surface area contributed by atoms with Gasteiger partial charge in [0.2, 0.25) is 0 Å². The van der Waals surface area contributed by atoms with Crippen LogP contribution in [0.3, 0.4) is 0 Å². The van der Waals surface area contributed by atoms with Gasteiger partial charge in [0.1, 0.15) is 0 Å². The molecule has 4 nitrogen and oxygen atoms in total. The summed E-state index contributed by atoms with van der Waals surface area (Å²) in [6, 6.07) is 20.5. The van der Waals surface area contributed by atoms with Crippen LogP contribution in [0.5, 0.6) is 0 Å². The average molecular weight is 339 g/mol. The molecule has 0 unspecified atom stereocenters. The van der Waals surface area contributed by atoms with Crippen molar-refractivity contribution in [1.29, 1.82) is 0 Å². The largest absolute Gasteiger partial charge is 0.375 e. The highest BCUT2D eigenvalue weighted by Gasteiger charge is 2.35. The van der Waals surface area contributed by atoms with E-state index in [2.05, 4.69) is 41.7 Å². The highest BCUT2D eigenvalue weighted by atomic mass is 32.1. The maximum absolute atomic E-state index is 6.44. The molecular formula is C19H21N3OS. The first kappa shape index (κ1) is 16.6. The minimum absolute atomic E-state index is 0.0421. The van der Waals surface area contributed by atoms with Gasteiger partial charge in [-0.3, -0.25) is 5.43 Å². The van der Waals surface area contributed by atoms with Crippen LogP contribution in [0, 0.1) is 5.92 Å². The molecule has 0 radical (unpaired) electrons. The van der Waals surface area contributed by atoms with Crippen LogP contribution >= 0.6 is 12.2 Å². The van der Waals surface area contributed by atoms with Gasteiger partial charge in [-0.1, -0.05) is 67.6 Å². The molecule has 1 aliphatic heterocycles. The Labute approximate surface area is 147 Å². The molecule has 5 heteroatoms. The Hall–Kier alpha value is -2.24. The molecule has 3 atom stereocenters. The van der Waals surface area contributed by atoms with Gasteiger partial charge in [-0.05, 0) is 23.3 Å². The average Bonchev–Trinajstić information content (AvgIpc) is 2.62. The predicted octanol–water partition coefficient (Wildman–Crippen LogP) is 3.71. The standard InChI is InChI=1S/C19H21N3OS/c1-13-16(21-22-19(20)24)12-17(14-8-4-2-5-9-14)23-18(13)15-10-6-3-7-11-15/h2-11,13,17-18H,12H2,1H3,(H3,20,22,24)/b21-16+/t13-,17+,18-/m1/s1. The zero-order valence-electron chi connectivity index (χ0n) is 13.6. The summed E-state index contributed by atoms with van der Waals surface area (Å²) in [6.45, 7) is 2.12. The van der Waals surface area contributed by atoms with Gasteiger partial charge in [-0.2, -0.15) is 5.10 Å². The van der Waals surface area contributed by atoms with E-state index in [1.807, 2.05) is 36.4 Å². The second-order valence-corrected chi connectivity index (χ2v) is 6.38. The Bertz CT molecular complexity index is 718. The third kappa shape index (κ3) is 3.80. The van der Waals surface area contributed by atoms with E-state index in [0.717, 1.165) is 16.8 Å². The summed E-state index contributed by atoms with van der Waals surface area (Å²) in [5.74, 6) is 0.134. The predicted molar refractivity (Wildman–Crippen MR) is 101 cm³/mol. The number of benzene rings is 2. The molecule has 0 spiro atoms. The molecule has 124 valence electrons. The Morgan fingerprint density at radius 2 is 1.67 bits per heavy atom. The zero-order chi connectivity index (χ0) is 16.9. The van der Waals surface area contributed by atoms with E-state index in [0.29, 0.717) is 6.42 Å². The molecule has 1 aliphatic rings. The van der Waals surface area contributed by atoms with Crippen LogP contribution in [0.2, 0.25) is 0 Å². The van der Waals surface area contributed by atoms with Crippen molar-refractivity contribution in [3.63, 3.8) is 0 Å². The topological polar surface area (TPSA) is 59.6 Å². The van der Waals surface area contributed by atoms with Crippen LogP contribution in [-0.2, 0) is 4.74 Å². The van der Waals surface area contributed by atoms with Crippen LogP contribution in [0.4, 0.5) is 0 Å². The fraction of sp³-hybridized carbons (Fsp3) is 0.263. The smallest absolute Gasteiger partial charge is 0.184 e. The van der Waals surface area contributed by atoms with Crippen molar-refractivity contribution in [1.82, 2.24) is 5.43 Å². The van der Waals surface area contributed by atoms with E-state index in [-0.39, 0.29) is 23.2 Å². The highest BCUT2D eigenvalue weighted by molar-refractivity contribution is 7.80. The van der Waals surface area contributed by atoms with Gasteiger partial charge in [-0.25, -0.2) is 0 Å². The maximum atomic E-state index is 6.44. The lowest BCUT2D eigenvalue weighted by Gasteiger charge is -2.36. The number of hydrogen-bond donors (Lipinski definition) is 2. The van der Waals surface area contributed by atoms with Crippen molar-refractivity contribution in [3.05, 3.63) is 71.8 Å². The molecule has 0 aliphatic carbocycles. The Morgan fingerprint density at radius 3 is 2.25 bits per heavy atom. The molecule has 2 aromatic carbocycles. The summed E-state index contributed by atoms with van der Waals surface area (Å²) < 4.78 is 6.44. The molecule has 1 heterocycles. The van der Waals surface area contributed by atoms with E-state index in [1.165, 1.54) is 0 Å². The molecule has 3 rings (SSSR count). The number of thiocarbonyl (C=S) groups is 1. The number of rotatable bonds is 3. The van der Waals surface area contributed by atoms with Crippen molar-refractivity contribution < 1.29 is 4.74 Å². The van der Waals surface area contributed by atoms with Gasteiger partial charge in [0.25, 0.3) is 0 Å². The lowest BCUT2D eigenvalue weighted by atomic mass is 9.85. The number of nitrogens with zero attached hydrogens (tertiary/aromatic N) is 1. The minimum atomic E-state index is -0.0583. The summed E-state index contributed by atoms with van der Waals surface area (Å²) in [4.78, 5) is 0. The first-order valence-electron chi connectivity index (χ1n) is 8.02. The van der Waals surface area contributed by atoms with Crippen molar-refractivity contribution in [2.45, 2.75) is 25.6 Å². The molecule has 0 bridgehead atoms. The second-order valence-electron chi connectivity index (χ2n) is 5.94. The Kier molecular flexibility index (Phi) is 5.23. The Morgan fingerprint density at radius 1 is 1.08 bits per heavy atom. The van der Waals surface area contributed by atoms with Gasteiger partial charge in [0.15, 0.2) is 5.11 Å². The van der Waals surface area contributed by atoms with Crippen molar-refractivity contribution in [3.8, 4) is 0 Å². The normalized spacial score (nSPS) is 25.4. The summed E-state index contributed by atoms with van der Waals surface area (Å²) in [6.07, 6.45) is 0.612. The highest BCUT2D eigenvalue weighted by Crippen LogP contribution is 2.40. The first-order valence-corrected chi connectivity index (χ1v) is 8.43. The van der Waals surface area contributed by atoms with Crippen LogP contribution in [-0.4, -0.2) is 10.8 Å². The van der Waals surface area contributed by atoms with Gasteiger partial charge in [0.05, 0.1) is 12.2 Å². The molecule has 0 amide bonds. The number of nitrogens with two attached hydrogens (primary N) is 1. The van der Waals surface area contributed by atoms with Crippen molar-refractivity contribution in [2.75, 3.05) is 0 Å². The van der Waals surface area contributed by atoms with Gasteiger partial charge in [0, 0.05) is 18.1 Å². The van der Waals surface area contributed by atoms with E-state index in [4.69, 9.17) is 22.7 Å². The zero-order valence-corrected chi connectivity index (χ0v) is 14.4. The van der Waals surface area contributed by atoms with Crippen LogP contribution < -0.4 is 11.2 Å². The summed E-state index contributed by atoms with van der Waals surface area (Å²) in [7, 11) is 0. The third-order valence-electron chi connectivity index (χ3n) is 4.29. The lowest BCUT2D eigenvalue weighted by molar-refractivity contribution is -0.0428.